The molecule has 2 fully saturated rings. The molecule has 0 N–H and O–H groups in total. The van der Waals surface area contributed by atoms with Crippen LogP contribution in [0.4, 0.5) is 4.79 Å². The fourth-order valence-electron chi connectivity index (χ4n) is 3.33. The minimum Gasteiger partial charge on any atom is -0.439 e. The Morgan fingerprint density at radius 3 is 2.76 bits per heavy atom. The van der Waals surface area contributed by atoms with Gasteiger partial charge in [-0.15, -0.1) is 0 Å². The summed E-state index contributed by atoms with van der Waals surface area (Å²) >= 11 is 6.35. The standard InChI is InChI=1S/C14H21ClN4O2/c1-4-11-10(12(15)18(3)16-11)7-19-6-5-14(9-19)8-17(2)13(20)21-14/h4-9H2,1-3H3/t14-/m0/s1. The number of ether oxygens (including phenoxy) is 1. The van der Waals surface area contributed by atoms with Crippen molar-refractivity contribution in [1.82, 2.24) is 19.6 Å². The molecule has 0 saturated carbocycles. The van der Waals surface area contributed by atoms with Crippen molar-refractivity contribution in [3.05, 3.63) is 16.4 Å². The van der Waals surface area contributed by atoms with Crippen LogP contribution in [0.25, 0.3) is 0 Å². The summed E-state index contributed by atoms with van der Waals surface area (Å²) in [5.74, 6) is 0. The van der Waals surface area contributed by atoms with E-state index in [4.69, 9.17) is 16.3 Å². The molecule has 3 rings (SSSR count). The van der Waals surface area contributed by atoms with Crippen molar-refractivity contribution >= 4 is 17.7 Å². The number of carbonyl (C=O) groups excluding carboxylic acids is 1. The van der Waals surface area contributed by atoms with Crippen molar-refractivity contribution in [3.63, 3.8) is 0 Å². The number of likely N-dealkylation sites (N-methyl/N-ethyl adjacent to an activating group) is 1. The van der Waals surface area contributed by atoms with E-state index in [-0.39, 0.29) is 11.7 Å². The van der Waals surface area contributed by atoms with E-state index in [1.54, 1.807) is 16.6 Å². The fraction of sp³-hybridized carbons (Fsp3) is 0.714. The fourth-order valence-corrected chi connectivity index (χ4v) is 3.54. The molecule has 1 aromatic rings. The lowest BCUT2D eigenvalue weighted by atomic mass is 10.0. The third-order valence-corrected chi connectivity index (χ3v) is 4.88. The highest BCUT2D eigenvalue weighted by atomic mass is 35.5. The third kappa shape index (κ3) is 2.51. The average Bonchev–Trinajstić information content (AvgIpc) is 3.04. The second-order valence-electron chi connectivity index (χ2n) is 6.06. The molecular weight excluding hydrogens is 292 g/mol. The summed E-state index contributed by atoms with van der Waals surface area (Å²) in [5.41, 5.74) is 1.80. The molecule has 1 atom stereocenters. The molecule has 1 amide bonds. The zero-order valence-corrected chi connectivity index (χ0v) is 13.5. The van der Waals surface area contributed by atoms with Crippen LogP contribution in [-0.2, 0) is 24.8 Å². The SMILES string of the molecule is CCc1nn(C)c(Cl)c1CN1CC[C@@]2(C1)CN(C)C(=O)O2. The van der Waals surface area contributed by atoms with Gasteiger partial charge in [0.15, 0.2) is 0 Å². The molecule has 6 nitrogen and oxygen atoms in total. The quantitative estimate of drug-likeness (QED) is 0.852. The number of aryl methyl sites for hydroxylation is 2. The largest absolute Gasteiger partial charge is 0.439 e. The van der Waals surface area contributed by atoms with Crippen molar-refractivity contribution < 1.29 is 9.53 Å². The smallest absolute Gasteiger partial charge is 0.410 e. The zero-order chi connectivity index (χ0) is 15.2. The summed E-state index contributed by atoms with van der Waals surface area (Å²) in [5, 5.41) is 5.15. The van der Waals surface area contributed by atoms with Crippen LogP contribution in [0.5, 0.6) is 0 Å². The minimum absolute atomic E-state index is 0.217. The molecule has 0 unspecified atom stereocenters. The molecule has 7 heteroatoms. The highest BCUT2D eigenvalue weighted by Crippen LogP contribution is 2.33. The second-order valence-corrected chi connectivity index (χ2v) is 6.42. The summed E-state index contributed by atoms with van der Waals surface area (Å²) in [6.07, 6.45) is 1.53. The van der Waals surface area contributed by atoms with Gasteiger partial charge in [-0.1, -0.05) is 18.5 Å². The van der Waals surface area contributed by atoms with Crippen LogP contribution in [0.2, 0.25) is 5.15 Å². The van der Waals surface area contributed by atoms with Crippen molar-refractivity contribution in [2.24, 2.45) is 7.05 Å². The van der Waals surface area contributed by atoms with Gasteiger partial charge in [-0.2, -0.15) is 5.10 Å². The van der Waals surface area contributed by atoms with Crippen LogP contribution in [-0.4, -0.2) is 58.0 Å². The van der Waals surface area contributed by atoms with Gasteiger partial charge in [0.1, 0.15) is 10.8 Å². The van der Waals surface area contributed by atoms with Crippen molar-refractivity contribution in [2.75, 3.05) is 26.7 Å². The zero-order valence-electron chi connectivity index (χ0n) is 12.7. The Morgan fingerprint density at radius 2 is 2.14 bits per heavy atom. The van der Waals surface area contributed by atoms with Gasteiger partial charge in [-0.3, -0.25) is 9.58 Å². The maximum atomic E-state index is 11.6. The van der Waals surface area contributed by atoms with Gasteiger partial charge < -0.3 is 9.64 Å². The molecule has 0 bridgehead atoms. The number of nitrogens with zero attached hydrogens (tertiary/aromatic N) is 4. The van der Waals surface area contributed by atoms with Crippen molar-refractivity contribution in [1.29, 1.82) is 0 Å². The van der Waals surface area contributed by atoms with E-state index in [9.17, 15) is 4.79 Å². The number of carbonyl (C=O) groups is 1. The van der Waals surface area contributed by atoms with Gasteiger partial charge in [0.2, 0.25) is 0 Å². The lowest BCUT2D eigenvalue weighted by Crippen LogP contribution is -2.37. The van der Waals surface area contributed by atoms with E-state index in [1.807, 2.05) is 7.05 Å². The lowest BCUT2D eigenvalue weighted by Gasteiger charge is -2.21. The summed E-state index contributed by atoms with van der Waals surface area (Å²) in [4.78, 5) is 15.6. The van der Waals surface area contributed by atoms with Crippen LogP contribution < -0.4 is 0 Å². The van der Waals surface area contributed by atoms with E-state index in [1.165, 1.54) is 0 Å². The molecule has 1 aromatic heterocycles. The number of aromatic nitrogens is 2. The molecule has 116 valence electrons. The predicted molar refractivity (Wildman–Crippen MR) is 79.3 cm³/mol. The molecule has 1 spiro atoms. The van der Waals surface area contributed by atoms with Gasteiger partial charge in [-0.25, -0.2) is 4.79 Å². The van der Waals surface area contributed by atoms with Crippen LogP contribution in [0.3, 0.4) is 0 Å². The minimum atomic E-state index is -0.340. The molecule has 0 aromatic carbocycles. The van der Waals surface area contributed by atoms with Gasteiger partial charge in [0.05, 0.1) is 12.2 Å². The van der Waals surface area contributed by atoms with Gasteiger partial charge in [-0.05, 0) is 6.42 Å². The number of hydrogen-bond donors (Lipinski definition) is 0. The van der Waals surface area contributed by atoms with Crippen molar-refractivity contribution in [3.8, 4) is 0 Å². The normalized spacial score (nSPS) is 26.1. The summed E-state index contributed by atoms with van der Waals surface area (Å²) < 4.78 is 7.30. The number of hydrogen-bond acceptors (Lipinski definition) is 4. The van der Waals surface area contributed by atoms with Gasteiger partial charge in [0.25, 0.3) is 0 Å². The van der Waals surface area contributed by atoms with E-state index in [2.05, 4.69) is 16.9 Å². The van der Waals surface area contributed by atoms with Crippen LogP contribution >= 0.6 is 11.6 Å². The number of amides is 1. The Kier molecular flexibility index (Phi) is 3.61. The van der Waals surface area contributed by atoms with Gasteiger partial charge in [0, 0.05) is 45.7 Å². The van der Waals surface area contributed by atoms with Crippen LogP contribution in [0.15, 0.2) is 0 Å². The van der Waals surface area contributed by atoms with Crippen molar-refractivity contribution in [2.45, 2.75) is 31.9 Å². The molecule has 2 aliphatic rings. The Hall–Kier alpha value is -1.27. The maximum absolute atomic E-state index is 11.6. The van der Waals surface area contributed by atoms with E-state index >= 15 is 0 Å². The summed E-state index contributed by atoms with van der Waals surface area (Å²) in [6.45, 7) is 5.19. The third-order valence-electron chi connectivity index (χ3n) is 4.41. The number of rotatable bonds is 3. The number of halogens is 1. The first-order valence-electron chi connectivity index (χ1n) is 7.31. The molecule has 0 radical (unpaired) electrons. The Morgan fingerprint density at radius 1 is 1.38 bits per heavy atom. The predicted octanol–water partition coefficient (Wildman–Crippen LogP) is 1.66. The molecule has 21 heavy (non-hydrogen) atoms. The van der Waals surface area contributed by atoms with E-state index in [0.717, 1.165) is 43.7 Å². The monoisotopic (exact) mass is 312 g/mol. The second kappa shape index (κ2) is 5.18. The Balaban J connectivity index is 1.72. The Labute approximate surface area is 129 Å². The maximum Gasteiger partial charge on any atom is 0.410 e. The topological polar surface area (TPSA) is 50.6 Å². The lowest BCUT2D eigenvalue weighted by molar-refractivity contribution is 0.0627. The van der Waals surface area contributed by atoms with Crippen LogP contribution in [0.1, 0.15) is 24.6 Å². The first-order valence-corrected chi connectivity index (χ1v) is 7.68. The summed E-state index contributed by atoms with van der Waals surface area (Å²) in [6, 6.07) is 0. The highest BCUT2D eigenvalue weighted by Gasteiger charge is 2.48. The summed E-state index contributed by atoms with van der Waals surface area (Å²) in [7, 11) is 3.65. The molecule has 2 aliphatic heterocycles. The molecular formula is C14H21ClN4O2. The highest BCUT2D eigenvalue weighted by molar-refractivity contribution is 6.30. The first-order chi connectivity index (χ1) is 9.94. The number of likely N-dealkylation sites (tertiary alicyclic amines) is 1. The Bertz CT molecular complexity index is 574. The molecule has 0 aliphatic carbocycles. The molecule has 3 heterocycles. The average molecular weight is 313 g/mol. The van der Waals surface area contributed by atoms with E-state index < -0.39 is 0 Å². The first kappa shape index (κ1) is 14.7. The van der Waals surface area contributed by atoms with Gasteiger partial charge >= 0.3 is 6.09 Å². The molecule has 2 saturated heterocycles. The van der Waals surface area contributed by atoms with Crippen LogP contribution in [0, 0.1) is 0 Å². The van der Waals surface area contributed by atoms with E-state index in [0.29, 0.717) is 11.7 Å².